The predicted molar refractivity (Wildman–Crippen MR) is 70.2 cm³/mol. The topological polar surface area (TPSA) is 51.2 Å². The van der Waals surface area contributed by atoms with Crippen molar-refractivity contribution < 1.29 is 22.7 Å². The third kappa shape index (κ3) is 4.79. The van der Waals surface area contributed by atoms with Gasteiger partial charge in [0.1, 0.15) is 5.75 Å². The Hall–Kier alpha value is -2.57. The molecule has 0 radical (unpaired) electrons. The Morgan fingerprint density at radius 3 is 2.48 bits per heavy atom. The van der Waals surface area contributed by atoms with Gasteiger partial charge < -0.3 is 10.1 Å². The maximum Gasteiger partial charge on any atom is 0.422 e. The Bertz CT molecular complexity index is 598. The van der Waals surface area contributed by atoms with Crippen LogP contribution in [0.1, 0.15) is 10.4 Å². The number of amides is 1. The molecule has 0 unspecified atom stereocenters. The van der Waals surface area contributed by atoms with Crippen LogP contribution in [0.3, 0.4) is 0 Å². The van der Waals surface area contributed by atoms with Gasteiger partial charge in [-0.1, -0.05) is 0 Å². The Labute approximate surface area is 118 Å². The molecule has 0 fully saturated rings. The van der Waals surface area contributed by atoms with Crippen LogP contribution in [-0.4, -0.2) is 23.7 Å². The average molecular weight is 296 g/mol. The SMILES string of the molecule is O=C(Nc1ccc(OCC(F)(F)F)cc1)c1cccnc1. The molecule has 0 aliphatic rings. The maximum absolute atomic E-state index is 12.0. The van der Waals surface area contributed by atoms with E-state index in [9.17, 15) is 18.0 Å². The molecule has 0 spiro atoms. The highest BCUT2D eigenvalue weighted by Crippen LogP contribution is 2.20. The standard InChI is InChI=1S/C14H11F3N2O2/c15-14(16,17)9-21-12-5-3-11(4-6-12)19-13(20)10-2-1-7-18-8-10/h1-8H,9H2,(H,19,20). The van der Waals surface area contributed by atoms with E-state index >= 15 is 0 Å². The van der Waals surface area contributed by atoms with Crippen LogP contribution >= 0.6 is 0 Å². The molecule has 0 atom stereocenters. The van der Waals surface area contributed by atoms with Gasteiger partial charge in [-0.05, 0) is 36.4 Å². The Kier molecular flexibility index (Phi) is 4.42. The fraction of sp³-hybridized carbons (Fsp3) is 0.143. The lowest BCUT2D eigenvalue weighted by atomic mass is 10.2. The highest BCUT2D eigenvalue weighted by atomic mass is 19.4. The molecule has 1 heterocycles. The Balaban J connectivity index is 1.95. The van der Waals surface area contributed by atoms with Crippen molar-refractivity contribution in [3.05, 3.63) is 54.4 Å². The van der Waals surface area contributed by atoms with E-state index in [0.717, 1.165) is 0 Å². The molecule has 4 nitrogen and oxygen atoms in total. The summed E-state index contributed by atoms with van der Waals surface area (Å²) in [5.41, 5.74) is 0.832. The third-order valence-electron chi connectivity index (χ3n) is 2.44. The van der Waals surface area contributed by atoms with Gasteiger partial charge >= 0.3 is 6.18 Å². The molecule has 1 amide bonds. The fourth-order valence-corrected chi connectivity index (χ4v) is 1.50. The lowest BCUT2D eigenvalue weighted by molar-refractivity contribution is -0.153. The number of alkyl halides is 3. The number of nitrogens with one attached hydrogen (secondary N) is 1. The molecule has 1 N–H and O–H groups in total. The molecular formula is C14H11F3N2O2. The summed E-state index contributed by atoms with van der Waals surface area (Å²) in [6, 6.07) is 8.85. The largest absolute Gasteiger partial charge is 0.484 e. The summed E-state index contributed by atoms with van der Waals surface area (Å²) < 4.78 is 40.5. The lowest BCUT2D eigenvalue weighted by Crippen LogP contribution is -2.19. The highest BCUT2D eigenvalue weighted by molar-refractivity contribution is 6.04. The Morgan fingerprint density at radius 1 is 1.19 bits per heavy atom. The zero-order valence-electron chi connectivity index (χ0n) is 10.7. The molecule has 1 aromatic heterocycles. The van der Waals surface area contributed by atoms with E-state index in [4.69, 9.17) is 0 Å². The summed E-state index contributed by atoms with van der Waals surface area (Å²) >= 11 is 0. The average Bonchev–Trinajstić information content (AvgIpc) is 2.46. The van der Waals surface area contributed by atoms with Crippen molar-refractivity contribution in [2.45, 2.75) is 6.18 Å². The maximum atomic E-state index is 12.0. The summed E-state index contributed by atoms with van der Waals surface area (Å²) in [5.74, 6) is -0.279. The summed E-state index contributed by atoms with van der Waals surface area (Å²) in [7, 11) is 0. The number of ether oxygens (including phenoxy) is 1. The summed E-state index contributed by atoms with van der Waals surface area (Å²) in [6.07, 6.45) is -1.42. The molecule has 0 saturated heterocycles. The molecule has 2 rings (SSSR count). The van der Waals surface area contributed by atoms with Crippen LogP contribution in [-0.2, 0) is 0 Å². The number of halogens is 3. The number of anilines is 1. The number of rotatable bonds is 4. The van der Waals surface area contributed by atoms with Crippen molar-refractivity contribution in [3.63, 3.8) is 0 Å². The van der Waals surface area contributed by atoms with Gasteiger partial charge in [-0.2, -0.15) is 13.2 Å². The first kappa shape index (κ1) is 14.8. The van der Waals surface area contributed by atoms with Crippen LogP contribution in [0.15, 0.2) is 48.8 Å². The molecule has 0 bridgehead atoms. The smallest absolute Gasteiger partial charge is 0.422 e. The van der Waals surface area contributed by atoms with Gasteiger partial charge in [-0.3, -0.25) is 9.78 Å². The van der Waals surface area contributed by atoms with Crippen molar-refractivity contribution >= 4 is 11.6 Å². The zero-order chi connectivity index (χ0) is 15.3. The summed E-state index contributed by atoms with van der Waals surface area (Å²) in [4.78, 5) is 15.6. The van der Waals surface area contributed by atoms with Crippen LogP contribution in [0, 0.1) is 0 Å². The number of nitrogens with zero attached hydrogens (tertiary/aromatic N) is 1. The Morgan fingerprint density at radius 2 is 1.90 bits per heavy atom. The molecule has 1 aromatic carbocycles. The molecule has 21 heavy (non-hydrogen) atoms. The second-order valence-corrected chi connectivity index (χ2v) is 4.12. The van der Waals surface area contributed by atoms with Crippen LogP contribution in [0.25, 0.3) is 0 Å². The highest BCUT2D eigenvalue weighted by Gasteiger charge is 2.28. The van der Waals surface area contributed by atoms with Gasteiger partial charge in [0.2, 0.25) is 0 Å². The number of pyridine rings is 1. The van der Waals surface area contributed by atoms with Gasteiger partial charge in [0.05, 0.1) is 5.56 Å². The van der Waals surface area contributed by atoms with Gasteiger partial charge in [-0.25, -0.2) is 0 Å². The van der Waals surface area contributed by atoms with Gasteiger partial charge in [0.15, 0.2) is 6.61 Å². The van der Waals surface area contributed by atoms with E-state index in [1.165, 1.54) is 30.5 Å². The van der Waals surface area contributed by atoms with Gasteiger partial charge in [0, 0.05) is 18.1 Å². The molecule has 0 aliphatic carbocycles. The van der Waals surface area contributed by atoms with E-state index in [1.807, 2.05) is 0 Å². The second-order valence-electron chi connectivity index (χ2n) is 4.12. The van der Waals surface area contributed by atoms with Crippen LogP contribution in [0.4, 0.5) is 18.9 Å². The lowest BCUT2D eigenvalue weighted by Gasteiger charge is -2.10. The van der Waals surface area contributed by atoms with E-state index < -0.39 is 12.8 Å². The summed E-state index contributed by atoms with van der Waals surface area (Å²) in [6.45, 7) is -1.35. The first-order valence-corrected chi connectivity index (χ1v) is 5.95. The van der Waals surface area contributed by atoms with Crippen LogP contribution in [0.5, 0.6) is 5.75 Å². The second kappa shape index (κ2) is 6.25. The molecule has 110 valence electrons. The van der Waals surface area contributed by atoms with Crippen molar-refractivity contribution in [3.8, 4) is 5.75 Å². The summed E-state index contributed by atoms with van der Waals surface area (Å²) in [5, 5.41) is 2.60. The number of carbonyl (C=O) groups excluding carboxylic acids is 1. The monoisotopic (exact) mass is 296 g/mol. The number of carbonyl (C=O) groups is 1. The quantitative estimate of drug-likeness (QED) is 0.942. The third-order valence-corrected chi connectivity index (χ3v) is 2.44. The minimum atomic E-state index is -4.38. The van der Waals surface area contributed by atoms with Crippen molar-refractivity contribution in [2.24, 2.45) is 0 Å². The zero-order valence-corrected chi connectivity index (χ0v) is 10.7. The van der Waals surface area contributed by atoms with Crippen LogP contribution in [0.2, 0.25) is 0 Å². The van der Waals surface area contributed by atoms with E-state index in [0.29, 0.717) is 11.3 Å². The first-order valence-electron chi connectivity index (χ1n) is 5.95. The molecular weight excluding hydrogens is 285 g/mol. The number of hydrogen-bond donors (Lipinski definition) is 1. The minimum absolute atomic E-state index is 0.0756. The van der Waals surface area contributed by atoms with Gasteiger partial charge in [0.25, 0.3) is 5.91 Å². The molecule has 0 saturated carbocycles. The number of benzene rings is 1. The minimum Gasteiger partial charge on any atom is -0.484 e. The first-order chi connectivity index (χ1) is 9.94. The van der Waals surface area contributed by atoms with E-state index in [-0.39, 0.29) is 11.7 Å². The van der Waals surface area contributed by atoms with E-state index in [2.05, 4.69) is 15.0 Å². The number of aromatic nitrogens is 1. The van der Waals surface area contributed by atoms with Crippen molar-refractivity contribution in [2.75, 3.05) is 11.9 Å². The fourth-order valence-electron chi connectivity index (χ4n) is 1.50. The molecule has 7 heteroatoms. The molecule has 2 aromatic rings. The van der Waals surface area contributed by atoms with Crippen molar-refractivity contribution in [1.82, 2.24) is 4.98 Å². The van der Waals surface area contributed by atoms with Crippen molar-refractivity contribution in [1.29, 1.82) is 0 Å². The van der Waals surface area contributed by atoms with Gasteiger partial charge in [-0.15, -0.1) is 0 Å². The number of hydrogen-bond acceptors (Lipinski definition) is 3. The normalized spacial score (nSPS) is 11.0. The van der Waals surface area contributed by atoms with E-state index in [1.54, 1.807) is 18.3 Å². The van der Waals surface area contributed by atoms with Crippen LogP contribution < -0.4 is 10.1 Å². The predicted octanol–water partition coefficient (Wildman–Crippen LogP) is 3.28. The molecule has 0 aliphatic heterocycles.